The number of aliphatic hydroxyl groups is 1. The Balaban J connectivity index is 1.20. The van der Waals surface area contributed by atoms with E-state index in [1.807, 2.05) is 35.0 Å². The van der Waals surface area contributed by atoms with Crippen LogP contribution in [0.1, 0.15) is 47.4 Å². The molecule has 5 rings (SSSR count). The first-order valence-electron chi connectivity index (χ1n) is 12.3. The first-order valence-corrected chi connectivity index (χ1v) is 14.1. The number of ether oxygens (including phenoxy) is 1. The molecule has 2 aromatic heterocycles. The molecule has 0 spiro atoms. The van der Waals surface area contributed by atoms with Gasteiger partial charge in [-0.3, -0.25) is 0 Å². The van der Waals surface area contributed by atoms with Gasteiger partial charge in [-0.2, -0.15) is 0 Å². The van der Waals surface area contributed by atoms with Gasteiger partial charge in [0, 0.05) is 12.0 Å². The number of esters is 1. The average Bonchev–Trinajstić information content (AvgIpc) is 3.67. The molecule has 2 heterocycles. The van der Waals surface area contributed by atoms with Gasteiger partial charge >= 0.3 is 5.97 Å². The summed E-state index contributed by atoms with van der Waals surface area (Å²) in [5.74, 6) is 0.219. The van der Waals surface area contributed by atoms with Gasteiger partial charge in [-0.25, -0.2) is 4.79 Å². The number of unbranched alkanes of at least 4 members (excludes halogenated alkanes) is 1. The highest BCUT2D eigenvalue weighted by Gasteiger charge is 2.54. The minimum atomic E-state index is -1.72. The molecule has 2 aliphatic carbocycles. The maximum absolute atomic E-state index is 13.5. The zero-order valence-electron chi connectivity index (χ0n) is 19.6. The van der Waals surface area contributed by atoms with Crippen molar-refractivity contribution in [2.45, 2.75) is 56.3 Å². The molecule has 0 aliphatic heterocycles. The number of hydrogen-bond acceptors (Lipinski definition) is 6. The fourth-order valence-electron chi connectivity index (χ4n) is 5.92. The molecular weight excluding hydrogens is 462 g/mol. The van der Waals surface area contributed by atoms with Gasteiger partial charge in [-0.1, -0.05) is 42.5 Å². The van der Waals surface area contributed by atoms with Crippen LogP contribution in [0.5, 0.6) is 0 Å². The molecule has 0 radical (unpaired) electrons. The van der Waals surface area contributed by atoms with Crippen LogP contribution in [0.25, 0.3) is 0 Å². The van der Waals surface area contributed by atoms with Crippen LogP contribution in [-0.4, -0.2) is 41.7 Å². The van der Waals surface area contributed by atoms with Gasteiger partial charge in [0.1, 0.15) is 6.10 Å². The van der Waals surface area contributed by atoms with Crippen molar-refractivity contribution >= 4 is 28.6 Å². The predicted molar refractivity (Wildman–Crippen MR) is 138 cm³/mol. The largest absolute Gasteiger partial charge is 0.459 e. The quantitative estimate of drug-likeness (QED) is 0.289. The summed E-state index contributed by atoms with van der Waals surface area (Å²) in [6, 6.07) is 18.5. The summed E-state index contributed by atoms with van der Waals surface area (Å²) in [6.07, 6.45) is 6.65. The molecule has 6 heteroatoms. The average molecular weight is 496 g/mol. The SMILES string of the molecule is CN(CCCCc1ccccc1)C1CC2CCC1C2OC(=O)C(O)(c1cccs1)c1cccs1. The zero-order valence-corrected chi connectivity index (χ0v) is 21.3. The summed E-state index contributed by atoms with van der Waals surface area (Å²) >= 11 is 2.79. The molecule has 2 saturated carbocycles. The van der Waals surface area contributed by atoms with E-state index in [1.54, 1.807) is 0 Å². The number of aryl methyl sites for hydroxylation is 1. The van der Waals surface area contributed by atoms with Gasteiger partial charge in [0.25, 0.3) is 0 Å². The number of fused-ring (bicyclic) bond motifs is 2. The Hall–Kier alpha value is -1.99. The van der Waals surface area contributed by atoms with Gasteiger partial charge in [0.05, 0.1) is 9.75 Å². The first-order chi connectivity index (χ1) is 16.6. The second-order valence-corrected chi connectivity index (χ2v) is 11.7. The van der Waals surface area contributed by atoms with E-state index in [0.29, 0.717) is 27.6 Å². The van der Waals surface area contributed by atoms with E-state index in [1.165, 1.54) is 41.1 Å². The molecule has 4 nitrogen and oxygen atoms in total. The van der Waals surface area contributed by atoms with E-state index in [4.69, 9.17) is 4.74 Å². The van der Waals surface area contributed by atoms with E-state index in [9.17, 15) is 9.90 Å². The van der Waals surface area contributed by atoms with Gasteiger partial charge in [0.2, 0.25) is 5.60 Å². The minimum Gasteiger partial charge on any atom is -0.459 e. The third kappa shape index (κ3) is 4.61. The molecule has 2 bridgehead atoms. The van der Waals surface area contributed by atoms with Gasteiger partial charge in [-0.15, -0.1) is 22.7 Å². The number of benzene rings is 1. The van der Waals surface area contributed by atoms with Crippen molar-refractivity contribution in [3.63, 3.8) is 0 Å². The highest BCUT2D eigenvalue weighted by atomic mass is 32.1. The molecule has 34 heavy (non-hydrogen) atoms. The van der Waals surface area contributed by atoms with Crippen molar-refractivity contribution in [3.8, 4) is 0 Å². The Labute approximate surface area is 210 Å². The van der Waals surface area contributed by atoms with Crippen LogP contribution in [0.2, 0.25) is 0 Å². The molecule has 2 fully saturated rings. The maximum atomic E-state index is 13.5. The number of carbonyl (C=O) groups is 1. The van der Waals surface area contributed by atoms with Gasteiger partial charge < -0.3 is 14.7 Å². The van der Waals surface area contributed by atoms with E-state index in [0.717, 1.165) is 32.2 Å². The van der Waals surface area contributed by atoms with Crippen molar-refractivity contribution < 1.29 is 14.6 Å². The Morgan fingerprint density at radius 2 is 1.74 bits per heavy atom. The molecule has 1 aromatic carbocycles. The summed E-state index contributed by atoms with van der Waals surface area (Å²) in [4.78, 5) is 17.2. The van der Waals surface area contributed by atoms with Crippen LogP contribution in [-0.2, 0) is 21.6 Å². The molecule has 180 valence electrons. The standard InChI is InChI=1S/C28H33NO3S2/c1-29(16-6-5-11-20-9-3-2-4-10-20)23-19-21-14-15-22(23)26(21)32-27(30)28(31,24-12-7-17-33-24)25-13-8-18-34-25/h2-4,7-10,12-13,17-18,21-23,26,31H,5-6,11,14-16,19H2,1H3. The highest BCUT2D eigenvalue weighted by Crippen LogP contribution is 2.49. The van der Waals surface area contributed by atoms with Crippen molar-refractivity contribution in [1.82, 2.24) is 4.90 Å². The number of nitrogens with zero attached hydrogens (tertiary/aromatic N) is 1. The van der Waals surface area contributed by atoms with Crippen LogP contribution in [0.4, 0.5) is 0 Å². The summed E-state index contributed by atoms with van der Waals surface area (Å²) in [6.45, 7) is 1.07. The maximum Gasteiger partial charge on any atom is 0.349 e. The van der Waals surface area contributed by atoms with E-state index < -0.39 is 11.6 Å². The van der Waals surface area contributed by atoms with Crippen molar-refractivity contribution in [3.05, 3.63) is 80.7 Å². The van der Waals surface area contributed by atoms with Gasteiger partial charge in [-0.05, 0) is 86.5 Å². The highest BCUT2D eigenvalue weighted by molar-refractivity contribution is 7.12. The third-order valence-electron chi connectivity index (χ3n) is 7.73. The number of thiophene rings is 2. The lowest BCUT2D eigenvalue weighted by molar-refractivity contribution is -0.170. The second kappa shape index (κ2) is 10.3. The fraction of sp³-hybridized carbons (Fsp3) is 0.464. The van der Waals surface area contributed by atoms with Crippen molar-refractivity contribution in [2.24, 2.45) is 11.8 Å². The van der Waals surface area contributed by atoms with E-state index in [-0.39, 0.29) is 6.10 Å². The Morgan fingerprint density at radius 3 is 2.38 bits per heavy atom. The number of carbonyl (C=O) groups excluding carboxylic acids is 1. The van der Waals surface area contributed by atoms with Crippen LogP contribution in [0.15, 0.2) is 65.4 Å². The molecule has 3 aromatic rings. The van der Waals surface area contributed by atoms with E-state index in [2.05, 4.69) is 42.3 Å². The van der Waals surface area contributed by atoms with Crippen LogP contribution < -0.4 is 0 Å². The van der Waals surface area contributed by atoms with Crippen LogP contribution >= 0.6 is 22.7 Å². The van der Waals surface area contributed by atoms with Crippen molar-refractivity contribution in [2.75, 3.05) is 13.6 Å². The Kier molecular flexibility index (Phi) is 7.21. The second-order valence-electron chi connectivity index (χ2n) is 9.76. The summed E-state index contributed by atoms with van der Waals surface area (Å²) in [5.41, 5.74) is -0.315. The lowest BCUT2D eigenvalue weighted by Crippen LogP contribution is -2.42. The molecule has 4 unspecified atom stereocenters. The molecule has 1 N–H and O–H groups in total. The van der Waals surface area contributed by atoms with E-state index >= 15 is 0 Å². The smallest absolute Gasteiger partial charge is 0.349 e. The fourth-order valence-corrected chi connectivity index (χ4v) is 7.64. The lowest BCUT2D eigenvalue weighted by Gasteiger charge is -2.32. The predicted octanol–water partition coefficient (Wildman–Crippen LogP) is 5.71. The Morgan fingerprint density at radius 1 is 1.03 bits per heavy atom. The molecule has 0 saturated heterocycles. The monoisotopic (exact) mass is 495 g/mol. The van der Waals surface area contributed by atoms with Gasteiger partial charge in [0.15, 0.2) is 0 Å². The molecule has 4 atom stereocenters. The summed E-state index contributed by atoms with van der Waals surface area (Å²) < 4.78 is 6.17. The van der Waals surface area contributed by atoms with Crippen molar-refractivity contribution in [1.29, 1.82) is 0 Å². The zero-order chi connectivity index (χ0) is 23.5. The lowest BCUT2D eigenvalue weighted by atomic mass is 9.94. The minimum absolute atomic E-state index is 0.101. The summed E-state index contributed by atoms with van der Waals surface area (Å²) in [7, 11) is 2.22. The summed E-state index contributed by atoms with van der Waals surface area (Å²) in [5, 5.41) is 15.4. The number of rotatable bonds is 10. The first kappa shape index (κ1) is 23.7. The molecule has 0 amide bonds. The molecular formula is C28H33NO3S2. The van der Waals surface area contributed by atoms with Crippen LogP contribution in [0.3, 0.4) is 0 Å². The topological polar surface area (TPSA) is 49.8 Å². The Bertz CT molecular complexity index is 1020. The number of hydrogen-bond donors (Lipinski definition) is 1. The van der Waals surface area contributed by atoms with Crippen LogP contribution in [0, 0.1) is 11.8 Å². The molecule has 2 aliphatic rings. The third-order valence-corrected chi connectivity index (χ3v) is 9.68. The normalized spacial score (nSPS) is 24.1.